The van der Waals surface area contributed by atoms with Crippen LogP contribution in [0.15, 0.2) is 24.3 Å². The van der Waals surface area contributed by atoms with Gasteiger partial charge in [-0.15, -0.1) is 11.6 Å². The summed E-state index contributed by atoms with van der Waals surface area (Å²) in [6.45, 7) is 3.74. The first-order valence-corrected chi connectivity index (χ1v) is 17.0. The highest BCUT2D eigenvalue weighted by Crippen LogP contribution is 2.40. The number of rotatable bonds is 11. The fraction of sp³-hybridized carbons (Fsp3) is 0.760. The summed E-state index contributed by atoms with van der Waals surface area (Å²) in [4.78, 5) is 4.85. The van der Waals surface area contributed by atoms with E-state index in [9.17, 15) is 16.8 Å². The third kappa shape index (κ3) is 6.72. The second kappa shape index (κ2) is 12.1. The Labute approximate surface area is 216 Å². The van der Waals surface area contributed by atoms with E-state index in [-0.39, 0.29) is 29.5 Å². The van der Waals surface area contributed by atoms with Crippen molar-refractivity contribution < 1.29 is 16.8 Å². The fourth-order valence-corrected chi connectivity index (χ4v) is 10.3. The van der Waals surface area contributed by atoms with Crippen molar-refractivity contribution in [2.24, 2.45) is 0 Å². The molecular formula is C25H40ClN3O4S2. The minimum absolute atomic E-state index is 0.166. The number of likely N-dealkylation sites (tertiary alicyclic amines) is 1. The number of alkyl halides is 1. The first-order valence-electron chi connectivity index (χ1n) is 13.2. The van der Waals surface area contributed by atoms with E-state index in [0.29, 0.717) is 28.8 Å². The van der Waals surface area contributed by atoms with Gasteiger partial charge in [0.2, 0.25) is 20.0 Å². The molecule has 3 fully saturated rings. The van der Waals surface area contributed by atoms with Crippen LogP contribution in [-0.2, 0) is 20.0 Å². The maximum absolute atomic E-state index is 13.4. The number of halogens is 1. The molecule has 1 aromatic carbocycles. The zero-order chi connectivity index (χ0) is 24.9. The van der Waals surface area contributed by atoms with Gasteiger partial charge in [0.25, 0.3) is 0 Å². The van der Waals surface area contributed by atoms with Gasteiger partial charge in [-0.2, -0.15) is 3.71 Å². The SMILES string of the molecule is O=S(=O)(CCCCl)N(c1ccc([C@H]2CC[C@H]3CCCCN32)cc1)S(=O)(=O)CCCN1CCCCC1. The molecular weight excluding hydrogens is 506 g/mol. The van der Waals surface area contributed by atoms with Crippen LogP contribution >= 0.6 is 11.6 Å². The quantitative estimate of drug-likeness (QED) is 0.385. The van der Waals surface area contributed by atoms with Crippen LogP contribution in [0.4, 0.5) is 5.69 Å². The fourth-order valence-electron chi connectivity index (χ4n) is 5.99. The average Bonchev–Trinajstić information content (AvgIpc) is 3.28. The second-order valence-electron chi connectivity index (χ2n) is 10.2. The van der Waals surface area contributed by atoms with Crippen LogP contribution in [-0.4, -0.2) is 76.2 Å². The minimum Gasteiger partial charge on any atom is -0.303 e. The molecule has 0 saturated carbocycles. The van der Waals surface area contributed by atoms with Gasteiger partial charge in [0, 0.05) is 18.0 Å². The lowest BCUT2D eigenvalue weighted by Crippen LogP contribution is -2.41. The first kappa shape index (κ1) is 27.2. The van der Waals surface area contributed by atoms with E-state index < -0.39 is 20.0 Å². The Morgan fingerprint density at radius 1 is 0.800 bits per heavy atom. The number of piperidine rings is 2. The molecule has 3 aliphatic heterocycles. The largest absolute Gasteiger partial charge is 0.303 e. The molecule has 35 heavy (non-hydrogen) atoms. The third-order valence-electron chi connectivity index (χ3n) is 7.70. The van der Waals surface area contributed by atoms with Gasteiger partial charge in [-0.1, -0.05) is 25.0 Å². The number of fused-ring (bicyclic) bond motifs is 1. The van der Waals surface area contributed by atoms with Gasteiger partial charge in [-0.05, 0) is 95.2 Å². The summed E-state index contributed by atoms with van der Waals surface area (Å²) in [6, 6.07) is 8.16. The molecule has 4 rings (SSSR count). The van der Waals surface area contributed by atoms with Gasteiger partial charge in [0.1, 0.15) is 0 Å². The van der Waals surface area contributed by atoms with Crippen molar-refractivity contribution in [2.45, 2.75) is 76.3 Å². The molecule has 0 aromatic heterocycles. The normalized spacial score (nSPS) is 24.4. The van der Waals surface area contributed by atoms with E-state index in [1.807, 2.05) is 12.1 Å². The predicted octanol–water partition coefficient (Wildman–Crippen LogP) is 4.35. The molecule has 10 heteroatoms. The molecule has 2 atom stereocenters. The molecule has 0 bridgehead atoms. The zero-order valence-corrected chi connectivity index (χ0v) is 23.0. The summed E-state index contributed by atoms with van der Waals surface area (Å²) in [5.74, 6) is -0.315. The molecule has 3 saturated heterocycles. The van der Waals surface area contributed by atoms with Gasteiger partial charge in [0.15, 0.2) is 0 Å². The summed E-state index contributed by atoms with van der Waals surface area (Å²) in [6.07, 6.45) is 10.2. The minimum atomic E-state index is -4.06. The first-order chi connectivity index (χ1) is 16.8. The van der Waals surface area contributed by atoms with Crippen molar-refractivity contribution in [3.05, 3.63) is 29.8 Å². The Morgan fingerprint density at radius 3 is 2.14 bits per heavy atom. The highest BCUT2D eigenvalue weighted by atomic mass is 35.5. The molecule has 0 radical (unpaired) electrons. The van der Waals surface area contributed by atoms with Crippen molar-refractivity contribution in [2.75, 3.05) is 47.3 Å². The predicted molar refractivity (Wildman–Crippen MR) is 143 cm³/mol. The Bertz CT molecular complexity index is 1030. The van der Waals surface area contributed by atoms with Gasteiger partial charge < -0.3 is 4.90 Å². The lowest BCUT2D eigenvalue weighted by Gasteiger charge is -2.34. The molecule has 7 nitrogen and oxygen atoms in total. The number of sulfonamides is 2. The average molecular weight is 546 g/mol. The number of hydrogen-bond donors (Lipinski definition) is 0. The van der Waals surface area contributed by atoms with Crippen molar-refractivity contribution in [1.29, 1.82) is 0 Å². The lowest BCUT2D eigenvalue weighted by molar-refractivity contribution is 0.150. The van der Waals surface area contributed by atoms with Crippen LogP contribution in [0.3, 0.4) is 0 Å². The van der Waals surface area contributed by atoms with Crippen LogP contribution in [0, 0.1) is 0 Å². The molecule has 0 amide bonds. The molecule has 198 valence electrons. The summed E-state index contributed by atoms with van der Waals surface area (Å²) in [7, 11) is -8.11. The molecule has 3 aliphatic rings. The van der Waals surface area contributed by atoms with Gasteiger partial charge >= 0.3 is 0 Å². The molecule has 0 aliphatic carbocycles. The summed E-state index contributed by atoms with van der Waals surface area (Å²) >= 11 is 5.75. The summed E-state index contributed by atoms with van der Waals surface area (Å²) < 4.78 is 53.9. The molecule has 0 unspecified atom stereocenters. The van der Waals surface area contributed by atoms with E-state index in [2.05, 4.69) is 9.80 Å². The van der Waals surface area contributed by atoms with E-state index >= 15 is 0 Å². The highest BCUT2D eigenvalue weighted by molar-refractivity contribution is 8.10. The van der Waals surface area contributed by atoms with E-state index in [1.54, 1.807) is 12.1 Å². The number of nitrogens with zero attached hydrogens (tertiary/aromatic N) is 3. The topological polar surface area (TPSA) is 78.0 Å². The monoisotopic (exact) mass is 545 g/mol. The van der Waals surface area contributed by atoms with E-state index in [1.165, 1.54) is 32.1 Å². The van der Waals surface area contributed by atoms with E-state index in [0.717, 1.165) is 44.5 Å². The van der Waals surface area contributed by atoms with Gasteiger partial charge in [-0.3, -0.25) is 4.90 Å². The Kier molecular flexibility index (Phi) is 9.41. The smallest absolute Gasteiger partial charge is 0.248 e. The summed E-state index contributed by atoms with van der Waals surface area (Å²) in [5.41, 5.74) is 1.34. The van der Waals surface area contributed by atoms with Gasteiger partial charge in [-0.25, -0.2) is 16.8 Å². The molecule has 0 N–H and O–H groups in total. The molecule has 0 spiro atoms. The second-order valence-corrected chi connectivity index (χ2v) is 14.7. The maximum atomic E-state index is 13.4. The van der Waals surface area contributed by atoms with Crippen LogP contribution in [0.1, 0.15) is 75.8 Å². The number of hydrogen-bond acceptors (Lipinski definition) is 6. The van der Waals surface area contributed by atoms with E-state index in [4.69, 9.17) is 11.6 Å². The Hall–Kier alpha value is -0.870. The number of benzene rings is 1. The van der Waals surface area contributed by atoms with Crippen molar-refractivity contribution in [3.8, 4) is 0 Å². The van der Waals surface area contributed by atoms with Gasteiger partial charge in [0.05, 0.1) is 17.2 Å². The van der Waals surface area contributed by atoms with Crippen LogP contribution in [0.25, 0.3) is 0 Å². The van der Waals surface area contributed by atoms with Crippen LogP contribution in [0.5, 0.6) is 0 Å². The number of anilines is 1. The summed E-state index contributed by atoms with van der Waals surface area (Å²) in [5, 5.41) is 0. The zero-order valence-electron chi connectivity index (χ0n) is 20.7. The Balaban J connectivity index is 1.51. The maximum Gasteiger partial charge on any atom is 0.248 e. The molecule has 3 heterocycles. The van der Waals surface area contributed by atoms with Crippen molar-refractivity contribution >= 4 is 37.3 Å². The van der Waals surface area contributed by atoms with Crippen LogP contribution in [0.2, 0.25) is 0 Å². The lowest BCUT2D eigenvalue weighted by atomic mass is 10.0. The van der Waals surface area contributed by atoms with Crippen LogP contribution < -0.4 is 3.71 Å². The molecule has 1 aromatic rings. The van der Waals surface area contributed by atoms with Crippen molar-refractivity contribution in [1.82, 2.24) is 9.80 Å². The standard InChI is InChI=1S/C25H40ClN3O4S2/c26-15-6-20-34(30,31)29(35(32,33)21-7-18-27-16-3-1-4-17-27)24-11-9-22(10-12-24)25-14-13-23-8-2-5-19-28(23)25/h9-12,23,25H,1-8,13-21H2/t23-,25-/m1/s1. The third-order valence-corrected chi connectivity index (χ3v) is 12.4. The highest BCUT2D eigenvalue weighted by Gasteiger charge is 2.37. The Morgan fingerprint density at radius 2 is 1.46 bits per heavy atom. The van der Waals surface area contributed by atoms with Crippen molar-refractivity contribution in [3.63, 3.8) is 0 Å².